The highest BCUT2D eigenvalue weighted by Gasteiger charge is 2.15. The zero-order chi connectivity index (χ0) is 14.8. The van der Waals surface area contributed by atoms with Gasteiger partial charge in [-0.3, -0.25) is 4.79 Å². The summed E-state index contributed by atoms with van der Waals surface area (Å²) in [5, 5.41) is 2.76. The first-order valence-corrected chi connectivity index (χ1v) is 6.36. The molecule has 2 rings (SSSR count). The molecule has 0 aliphatic carbocycles. The quantitative estimate of drug-likeness (QED) is 0.879. The molecule has 5 heteroatoms. The van der Waals surface area contributed by atoms with Crippen LogP contribution < -0.4 is 11.1 Å². The van der Waals surface area contributed by atoms with Gasteiger partial charge in [-0.1, -0.05) is 32.9 Å². The molecule has 5 nitrogen and oxygen atoms in total. The second-order valence-electron chi connectivity index (χ2n) is 5.57. The Hall–Kier alpha value is -2.43. The fourth-order valence-corrected chi connectivity index (χ4v) is 1.77. The van der Waals surface area contributed by atoms with Crippen LogP contribution in [0.1, 0.15) is 36.8 Å². The van der Waals surface area contributed by atoms with Gasteiger partial charge in [-0.15, -0.1) is 0 Å². The first kappa shape index (κ1) is 14.0. The number of nitrogens with one attached hydrogen (secondary N) is 1. The predicted octanol–water partition coefficient (Wildman–Crippen LogP) is 2.61. The van der Waals surface area contributed by atoms with Crippen LogP contribution in [0, 0.1) is 0 Å². The number of anilines is 2. The van der Waals surface area contributed by atoms with Gasteiger partial charge >= 0.3 is 0 Å². The van der Waals surface area contributed by atoms with Crippen molar-refractivity contribution < 1.29 is 4.79 Å². The zero-order valence-corrected chi connectivity index (χ0v) is 11.8. The van der Waals surface area contributed by atoms with Crippen molar-refractivity contribution in [3.63, 3.8) is 0 Å². The average Bonchev–Trinajstić information content (AvgIpc) is 2.38. The van der Waals surface area contributed by atoms with Gasteiger partial charge in [0.15, 0.2) is 11.5 Å². The van der Waals surface area contributed by atoms with Crippen molar-refractivity contribution in [1.82, 2.24) is 9.97 Å². The maximum Gasteiger partial charge on any atom is 0.278 e. The van der Waals surface area contributed by atoms with Crippen LogP contribution in [0.4, 0.5) is 11.5 Å². The smallest absolute Gasteiger partial charge is 0.278 e. The predicted molar refractivity (Wildman–Crippen MR) is 79.5 cm³/mol. The minimum absolute atomic E-state index is 0.0812. The summed E-state index contributed by atoms with van der Waals surface area (Å²) in [7, 11) is 0. The molecule has 1 amide bonds. The molecule has 0 unspecified atom stereocenters. The number of aromatic nitrogens is 2. The van der Waals surface area contributed by atoms with Gasteiger partial charge in [0.25, 0.3) is 5.91 Å². The second-order valence-corrected chi connectivity index (χ2v) is 5.57. The molecule has 0 aliphatic rings. The van der Waals surface area contributed by atoms with Gasteiger partial charge in [0, 0.05) is 18.1 Å². The minimum atomic E-state index is -0.362. The van der Waals surface area contributed by atoms with Crippen molar-refractivity contribution in [2.24, 2.45) is 0 Å². The zero-order valence-electron chi connectivity index (χ0n) is 11.8. The lowest BCUT2D eigenvalue weighted by Gasteiger charge is -2.19. The Morgan fingerprint density at radius 2 is 1.70 bits per heavy atom. The Morgan fingerprint density at radius 3 is 2.25 bits per heavy atom. The summed E-state index contributed by atoms with van der Waals surface area (Å²) in [4.78, 5) is 19.8. The van der Waals surface area contributed by atoms with Crippen LogP contribution in [0.25, 0.3) is 0 Å². The first-order chi connectivity index (χ1) is 9.38. The summed E-state index contributed by atoms with van der Waals surface area (Å²) in [6, 6.07) is 7.72. The largest absolute Gasteiger partial charge is 0.382 e. The number of carbonyl (C=O) groups is 1. The van der Waals surface area contributed by atoms with Crippen LogP contribution in [0.15, 0.2) is 36.7 Å². The Morgan fingerprint density at radius 1 is 1.10 bits per heavy atom. The molecule has 1 aromatic carbocycles. The van der Waals surface area contributed by atoms with Crippen LogP contribution >= 0.6 is 0 Å². The Bertz CT molecular complexity index is 615. The molecular formula is C15H18N4O. The molecule has 104 valence electrons. The summed E-state index contributed by atoms with van der Waals surface area (Å²) >= 11 is 0. The number of hydrogen-bond donors (Lipinski definition) is 2. The molecule has 20 heavy (non-hydrogen) atoms. The summed E-state index contributed by atoms with van der Waals surface area (Å²) in [6.07, 6.45) is 2.89. The fraction of sp³-hybridized carbons (Fsp3) is 0.267. The molecule has 0 spiro atoms. The third kappa shape index (κ3) is 3.12. The number of nitrogen functional groups attached to an aromatic ring is 1. The molecule has 1 aromatic heterocycles. The molecule has 0 radical (unpaired) electrons. The van der Waals surface area contributed by atoms with Gasteiger partial charge in [-0.05, 0) is 23.1 Å². The lowest BCUT2D eigenvalue weighted by Crippen LogP contribution is -2.17. The SMILES string of the molecule is CC(C)(C)c1ccc(NC(=O)c2nccnc2N)cc1. The molecule has 0 fully saturated rings. The molecule has 0 saturated heterocycles. The third-order valence-electron chi connectivity index (χ3n) is 2.95. The summed E-state index contributed by atoms with van der Waals surface area (Å²) < 4.78 is 0. The van der Waals surface area contributed by atoms with Gasteiger partial charge < -0.3 is 11.1 Å². The first-order valence-electron chi connectivity index (χ1n) is 6.36. The van der Waals surface area contributed by atoms with Gasteiger partial charge in [-0.2, -0.15) is 0 Å². The van der Waals surface area contributed by atoms with Crippen LogP contribution in [0.2, 0.25) is 0 Å². The average molecular weight is 270 g/mol. The van der Waals surface area contributed by atoms with Crippen molar-refractivity contribution in [2.45, 2.75) is 26.2 Å². The van der Waals surface area contributed by atoms with E-state index >= 15 is 0 Å². The normalized spacial score (nSPS) is 11.2. The van der Waals surface area contributed by atoms with Crippen LogP contribution in [0.5, 0.6) is 0 Å². The van der Waals surface area contributed by atoms with Crippen molar-refractivity contribution in [1.29, 1.82) is 0 Å². The molecule has 2 aromatic rings. The molecule has 0 bridgehead atoms. The fourth-order valence-electron chi connectivity index (χ4n) is 1.77. The number of benzene rings is 1. The van der Waals surface area contributed by atoms with Gasteiger partial charge in [-0.25, -0.2) is 9.97 Å². The number of amides is 1. The molecule has 0 atom stereocenters. The molecular weight excluding hydrogens is 252 g/mol. The summed E-state index contributed by atoms with van der Waals surface area (Å²) in [6.45, 7) is 6.42. The van der Waals surface area contributed by atoms with Gasteiger partial charge in [0.05, 0.1) is 0 Å². The van der Waals surface area contributed by atoms with E-state index < -0.39 is 0 Å². The Kier molecular flexibility index (Phi) is 3.70. The highest BCUT2D eigenvalue weighted by Crippen LogP contribution is 2.23. The monoisotopic (exact) mass is 270 g/mol. The minimum Gasteiger partial charge on any atom is -0.382 e. The van der Waals surface area contributed by atoms with Crippen molar-refractivity contribution in [3.8, 4) is 0 Å². The van der Waals surface area contributed by atoms with Crippen molar-refractivity contribution >= 4 is 17.4 Å². The van der Waals surface area contributed by atoms with E-state index in [0.29, 0.717) is 5.69 Å². The lowest BCUT2D eigenvalue weighted by molar-refractivity contribution is 0.102. The van der Waals surface area contributed by atoms with Crippen molar-refractivity contribution in [3.05, 3.63) is 47.9 Å². The van der Waals surface area contributed by atoms with Crippen molar-refractivity contribution in [2.75, 3.05) is 11.1 Å². The lowest BCUT2D eigenvalue weighted by atomic mass is 9.87. The van der Waals surface area contributed by atoms with E-state index in [0.717, 1.165) is 0 Å². The number of nitrogens with zero attached hydrogens (tertiary/aromatic N) is 2. The molecule has 1 heterocycles. The molecule has 0 aliphatic heterocycles. The number of nitrogens with two attached hydrogens (primary N) is 1. The van der Waals surface area contributed by atoms with E-state index in [4.69, 9.17) is 5.73 Å². The van der Waals surface area contributed by atoms with E-state index in [9.17, 15) is 4.79 Å². The summed E-state index contributed by atoms with van der Waals surface area (Å²) in [5.74, 6) is -0.240. The Balaban J connectivity index is 2.15. The topological polar surface area (TPSA) is 80.9 Å². The van der Waals surface area contributed by atoms with E-state index in [1.54, 1.807) is 0 Å². The maximum atomic E-state index is 12.0. The van der Waals surface area contributed by atoms with Crippen LogP contribution in [0.3, 0.4) is 0 Å². The standard InChI is InChI=1S/C15H18N4O/c1-15(2,3)10-4-6-11(7-5-10)19-14(20)12-13(16)18-9-8-17-12/h4-9H,1-3H3,(H2,16,18)(H,19,20). The number of hydrogen-bond acceptors (Lipinski definition) is 4. The summed E-state index contributed by atoms with van der Waals surface area (Å²) in [5.41, 5.74) is 7.74. The van der Waals surface area contributed by atoms with E-state index in [1.165, 1.54) is 18.0 Å². The highest BCUT2D eigenvalue weighted by molar-refractivity contribution is 6.05. The second kappa shape index (κ2) is 5.28. The van der Waals surface area contributed by atoms with Crippen LogP contribution in [-0.4, -0.2) is 15.9 Å². The van der Waals surface area contributed by atoms with E-state index in [1.807, 2.05) is 24.3 Å². The Labute approximate surface area is 118 Å². The van der Waals surface area contributed by atoms with E-state index in [-0.39, 0.29) is 22.8 Å². The van der Waals surface area contributed by atoms with E-state index in [2.05, 4.69) is 36.1 Å². The third-order valence-corrected chi connectivity index (χ3v) is 2.95. The van der Waals surface area contributed by atoms with Gasteiger partial charge in [0.1, 0.15) is 0 Å². The van der Waals surface area contributed by atoms with Gasteiger partial charge in [0.2, 0.25) is 0 Å². The number of rotatable bonds is 2. The van der Waals surface area contributed by atoms with Crippen LogP contribution in [-0.2, 0) is 5.41 Å². The molecule has 3 N–H and O–H groups in total. The number of carbonyl (C=O) groups excluding carboxylic acids is 1. The molecule has 0 saturated carbocycles. The highest BCUT2D eigenvalue weighted by atomic mass is 16.1. The maximum absolute atomic E-state index is 12.0.